The fourth-order valence-corrected chi connectivity index (χ4v) is 3.44. The van der Waals surface area contributed by atoms with Gasteiger partial charge in [0.15, 0.2) is 0 Å². The number of anilines is 1. The number of benzene rings is 2. The first kappa shape index (κ1) is 18.7. The lowest BCUT2D eigenvalue weighted by Gasteiger charge is -2.14. The maximum atomic E-state index is 12.6. The minimum absolute atomic E-state index is 0.305. The van der Waals surface area contributed by atoms with Crippen molar-refractivity contribution in [1.29, 1.82) is 0 Å². The Bertz CT molecular complexity index is 939. The molecule has 0 atom stereocenters. The summed E-state index contributed by atoms with van der Waals surface area (Å²) in [5, 5.41) is 2.20. The fraction of sp³-hybridized carbons (Fsp3) is 0.150. The number of imide groups is 1. The largest absolute Gasteiger partial charge is 0.495 e. The maximum absolute atomic E-state index is 12.6. The molecule has 7 heteroatoms. The van der Waals surface area contributed by atoms with Crippen LogP contribution in [0.3, 0.4) is 0 Å². The van der Waals surface area contributed by atoms with Crippen LogP contribution in [0.2, 0.25) is 0 Å². The first-order valence-corrected chi connectivity index (χ1v) is 9.05. The zero-order chi connectivity index (χ0) is 19.4. The Kier molecular flexibility index (Phi) is 5.61. The maximum Gasteiger partial charge on any atom is 0.294 e. The average Bonchev–Trinajstić information content (AvgIpc) is 2.91. The topological polar surface area (TPSA) is 75.7 Å². The standard InChI is InChI=1S/C20H18N2O4S/c1-13-7-3-4-8-14(13)11-17-19(24)22(20(25)27-17)12-18(23)21-15-9-5-6-10-16(15)26-2/h3-11H,12H2,1-2H3,(H,21,23)/b17-11+. The van der Waals surface area contributed by atoms with Gasteiger partial charge in [0, 0.05) is 0 Å². The highest BCUT2D eigenvalue weighted by Gasteiger charge is 2.36. The van der Waals surface area contributed by atoms with E-state index in [1.165, 1.54) is 7.11 Å². The Hall–Kier alpha value is -3.06. The normalized spacial score (nSPS) is 15.3. The molecule has 1 aliphatic heterocycles. The van der Waals surface area contributed by atoms with E-state index in [0.29, 0.717) is 16.3 Å². The molecule has 27 heavy (non-hydrogen) atoms. The molecule has 1 fully saturated rings. The van der Waals surface area contributed by atoms with E-state index in [1.54, 1.807) is 30.3 Å². The second kappa shape index (κ2) is 8.09. The molecular formula is C20H18N2O4S. The Balaban J connectivity index is 1.72. The molecule has 2 aromatic carbocycles. The third-order valence-corrected chi connectivity index (χ3v) is 4.94. The average molecular weight is 382 g/mol. The predicted octanol–water partition coefficient (Wildman–Crippen LogP) is 3.68. The van der Waals surface area contributed by atoms with E-state index >= 15 is 0 Å². The zero-order valence-electron chi connectivity index (χ0n) is 14.9. The van der Waals surface area contributed by atoms with Crippen LogP contribution in [-0.2, 0) is 9.59 Å². The molecule has 6 nitrogen and oxygen atoms in total. The molecule has 1 saturated heterocycles. The highest BCUT2D eigenvalue weighted by atomic mass is 32.2. The van der Waals surface area contributed by atoms with Crippen molar-refractivity contribution in [1.82, 2.24) is 4.90 Å². The molecule has 0 spiro atoms. The van der Waals surface area contributed by atoms with E-state index in [9.17, 15) is 14.4 Å². The van der Waals surface area contributed by atoms with Gasteiger partial charge in [-0.2, -0.15) is 0 Å². The predicted molar refractivity (Wildman–Crippen MR) is 105 cm³/mol. The van der Waals surface area contributed by atoms with E-state index in [4.69, 9.17) is 4.74 Å². The van der Waals surface area contributed by atoms with Crippen LogP contribution in [-0.4, -0.2) is 35.6 Å². The van der Waals surface area contributed by atoms with E-state index in [1.807, 2.05) is 31.2 Å². The van der Waals surface area contributed by atoms with Crippen molar-refractivity contribution in [2.45, 2.75) is 6.92 Å². The fourth-order valence-electron chi connectivity index (χ4n) is 2.61. The van der Waals surface area contributed by atoms with Crippen molar-refractivity contribution in [2.24, 2.45) is 0 Å². The number of nitrogens with one attached hydrogen (secondary N) is 1. The van der Waals surface area contributed by atoms with Gasteiger partial charge in [0.1, 0.15) is 12.3 Å². The van der Waals surface area contributed by atoms with Crippen LogP contribution in [0.4, 0.5) is 10.5 Å². The lowest BCUT2D eigenvalue weighted by atomic mass is 10.1. The minimum atomic E-state index is -0.473. The number of ether oxygens (including phenoxy) is 1. The molecule has 1 heterocycles. The Morgan fingerprint density at radius 1 is 1.15 bits per heavy atom. The molecule has 1 aliphatic rings. The van der Waals surface area contributed by atoms with Crippen LogP contribution in [0, 0.1) is 6.92 Å². The highest BCUT2D eigenvalue weighted by Crippen LogP contribution is 2.32. The first-order valence-electron chi connectivity index (χ1n) is 8.23. The van der Waals surface area contributed by atoms with Gasteiger partial charge < -0.3 is 10.1 Å². The van der Waals surface area contributed by atoms with Gasteiger partial charge in [-0.25, -0.2) is 0 Å². The molecule has 0 aliphatic carbocycles. The number of para-hydroxylation sites is 2. The second-order valence-corrected chi connectivity index (χ2v) is 6.87. The van der Waals surface area contributed by atoms with Gasteiger partial charge in [-0.1, -0.05) is 36.4 Å². The number of carbonyl (C=O) groups excluding carboxylic acids is 3. The number of carbonyl (C=O) groups is 3. The lowest BCUT2D eigenvalue weighted by molar-refractivity contribution is -0.127. The molecule has 3 amide bonds. The summed E-state index contributed by atoms with van der Waals surface area (Å²) in [6.07, 6.45) is 1.68. The Morgan fingerprint density at radius 3 is 2.59 bits per heavy atom. The van der Waals surface area contributed by atoms with Crippen molar-refractivity contribution in [3.63, 3.8) is 0 Å². The number of hydrogen-bond donors (Lipinski definition) is 1. The number of nitrogens with zero attached hydrogens (tertiary/aromatic N) is 1. The number of methoxy groups -OCH3 is 1. The van der Waals surface area contributed by atoms with Gasteiger partial charge in [-0.15, -0.1) is 0 Å². The Labute approximate surface area is 161 Å². The van der Waals surface area contributed by atoms with Gasteiger partial charge in [-0.3, -0.25) is 19.3 Å². The van der Waals surface area contributed by atoms with Gasteiger partial charge in [0.05, 0.1) is 17.7 Å². The van der Waals surface area contributed by atoms with Crippen LogP contribution < -0.4 is 10.1 Å². The number of rotatable bonds is 5. The highest BCUT2D eigenvalue weighted by molar-refractivity contribution is 8.18. The van der Waals surface area contributed by atoms with E-state index in [-0.39, 0.29) is 6.54 Å². The number of hydrogen-bond acceptors (Lipinski definition) is 5. The van der Waals surface area contributed by atoms with Crippen LogP contribution >= 0.6 is 11.8 Å². The molecule has 2 aromatic rings. The van der Waals surface area contributed by atoms with Gasteiger partial charge >= 0.3 is 0 Å². The third-order valence-electron chi connectivity index (χ3n) is 4.03. The summed E-state index contributed by atoms with van der Waals surface area (Å²) in [6.45, 7) is 1.57. The molecule has 3 rings (SSSR count). The third kappa shape index (κ3) is 4.20. The smallest absolute Gasteiger partial charge is 0.294 e. The van der Waals surface area contributed by atoms with E-state index in [2.05, 4.69) is 5.32 Å². The molecule has 0 aromatic heterocycles. The molecule has 138 valence electrons. The summed E-state index contributed by atoms with van der Waals surface area (Å²) in [4.78, 5) is 38.3. The van der Waals surface area contributed by atoms with E-state index in [0.717, 1.165) is 27.8 Å². The van der Waals surface area contributed by atoms with Crippen LogP contribution in [0.1, 0.15) is 11.1 Å². The zero-order valence-corrected chi connectivity index (χ0v) is 15.7. The summed E-state index contributed by atoms with van der Waals surface area (Å²) < 4.78 is 5.18. The minimum Gasteiger partial charge on any atom is -0.495 e. The molecule has 1 N–H and O–H groups in total. The molecule has 0 bridgehead atoms. The summed E-state index contributed by atoms with van der Waals surface area (Å²) in [5.41, 5.74) is 2.34. The monoisotopic (exact) mass is 382 g/mol. The van der Waals surface area contributed by atoms with Crippen molar-refractivity contribution in [2.75, 3.05) is 19.0 Å². The summed E-state index contributed by atoms with van der Waals surface area (Å²) in [5.74, 6) is -0.443. The van der Waals surface area contributed by atoms with Crippen molar-refractivity contribution in [3.8, 4) is 5.75 Å². The summed E-state index contributed by atoms with van der Waals surface area (Å²) in [6, 6.07) is 14.5. The molecule has 0 unspecified atom stereocenters. The summed E-state index contributed by atoms with van der Waals surface area (Å²) >= 11 is 0.835. The second-order valence-electron chi connectivity index (χ2n) is 5.87. The number of thioether (sulfide) groups is 1. The molecule has 0 saturated carbocycles. The number of amides is 3. The quantitative estimate of drug-likeness (QED) is 0.799. The molecule has 0 radical (unpaired) electrons. The summed E-state index contributed by atoms with van der Waals surface area (Å²) in [7, 11) is 1.50. The van der Waals surface area contributed by atoms with Crippen LogP contribution in [0.25, 0.3) is 6.08 Å². The van der Waals surface area contributed by atoms with Gasteiger partial charge in [0.25, 0.3) is 11.1 Å². The van der Waals surface area contributed by atoms with Crippen molar-refractivity contribution >= 4 is 40.6 Å². The van der Waals surface area contributed by atoms with Crippen molar-refractivity contribution < 1.29 is 19.1 Å². The SMILES string of the molecule is COc1ccccc1NC(=O)CN1C(=O)S/C(=C/c2ccccc2C)C1=O. The Morgan fingerprint density at radius 2 is 1.85 bits per heavy atom. The first-order chi connectivity index (χ1) is 13.0. The molecular weight excluding hydrogens is 364 g/mol. The lowest BCUT2D eigenvalue weighted by Crippen LogP contribution is -2.36. The van der Waals surface area contributed by atoms with Crippen LogP contribution in [0.15, 0.2) is 53.4 Å². The van der Waals surface area contributed by atoms with Crippen molar-refractivity contribution in [3.05, 3.63) is 64.6 Å². The van der Waals surface area contributed by atoms with E-state index < -0.39 is 17.1 Å². The van der Waals surface area contributed by atoms with Gasteiger partial charge in [0.2, 0.25) is 5.91 Å². The van der Waals surface area contributed by atoms with Gasteiger partial charge in [-0.05, 0) is 48.0 Å². The van der Waals surface area contributed by atoms with Crippen LogP contribution in [0.5, 0.6) is 5.75 Å². The number of aryl methyl sites for hydroxylation is 1.